The van der Waals surface area contributed by atoms with Crippen LogP contribution in [0.1, 0.15) is 30.6 Å². The average Bonchev–Trinajstić information content (AvgIpc) is 2.93. The highest BCUT2D eigenvalue weighted by Crippen LogP contribution is 2.29. The Morgan fingerprint density at radius 1 is 1.19 bits per heavy atom. The molecule has 1 N–H and O–H groups in total. The molecule has 0 fully saturated rings. The number of ether oxygens (including phenoxy) is 2. The maximum Gasteiger partial charge on any atom is 0.122 e. The minimum atomic E-state index is 0.0233. The van der Waals surface area contributed by atoms with Crippen LogP contribution in [0.4, 0.5) is 0 Å². The van der Waals surface area contributed by atoms with E-state index in [4.69, 9.17) is 9.47 Å². The number of aromatic nitrogens is 2. The number of nitrogens with zero attached hydrogens (tertiary/aromatic N) is 2. The van der Waals surface area contributed by atoms with Crippen molar-refractivity contribution in [1.82, 2.24) is 15.1 Å². The molecule has 0 spiro atoms. The number of hydrogen-bond acceptors (Lipinski definition) is 4. The first-order chi connectivity index (χ1) is 10.2. The van der Waals surface area contributed by atoms with Crippen LogP contribution in [0.25, 0.3) is 0 Å². The van der Waals surface area contributed by atoms with E-state index in [0.29, 0.717) is 0 Å². The first kappa shape index (κ1) is 15.4. The lowest BCUT2D eigenvalue weighted by atomic mass is 10.0. The Morgan fingerprint density at radius 2 is 1.86 bits per heavy atom. The molecule has 0 saturated heterocycles. The SMILES string of the molecule is CCCNC(c1cc(OC)cc(OC)c1)c1ccn(C)n1. The van der Waals surface area contributed by atoms with Gasteiger partial charge in [-0.15, -0.1) is 0 Å². The lowest BCUT2D eigenvalue weighted by molar-refractivity contribution is 0.392. The number of benzene rings is 1. The van der Waals surface area contributed by atoms with Gasteiger partial charge in [-0.05, 0) is 36.7 Å². The molecule has 1 unspecified atom stereocenters. The molecule has 114 valence electrons. The molecule has 5 nitrogen and oxygen atoms in total. The summed E-state index contributed by atoms with van der Waals surface area (Å²) in [6.45, 7) is 3.06. The summed E-state index contributed by atoms with van der Waals surface area (Å²) in [5.41, 5.74) is 2.07. The van der Waals surface area contributed by atoms with E-state index >= 15 is 0 Å². The normalized spacial score (nSPS) is 12.2. The molecule has 0 bridgehead atoms. The van der Waals surface area contributed by atoms with Gasteiger partial charge < -0.3 is 14.8 Å². The Morgan fingerprint density at radius 3 is 2.33 bits per heavy atom. The fourth-order valence-corrected chi connectivity index (χ4v) is 2.26. The molecule has 2 aromatic rings. The minimum absolute atomic E-state index is 0.0233. The zero-order valence-electron chi connectivity index (χ0n) is 13.1. The van der Waals surface area contributed by atoms with Gasteiger partial charge >= 0.3 is 0 Å². The monoisotopic (exact) mass is 289 g/mol. The van der Waals surface area contributed by atoms with Crippen LogP contribution in [0.5, 0.6) is 11.5 Å². The zero-order valence-corrected chi connectivity index (χ0v) is 13.1. The predicted octanol–water partition coefficient (Wildman–Crippen LogP) is 2.53. The van der Waals surface area contributed by atoms with E-state index in [-0.39, 0.29) is 6.04 Å². The van der Waals surface area contributed by atoms with E-state index in [1.807, 2.05) is 42.2 Å². The van der Waals surface area contributed by atoms with Crippen molar-refractivity contribution >= 4 is 0 Å². The molecular weight excluding hydrogens is 266 g/mol. The van der Waals surface area contributed by atoms with Crippen molar-refractivity contribution in [2.75, 3.05) is 20.8 Å². The number of hydrogen-bond donors (Lipinski definition) is 1. The van der Waals surface area contributed by atoms with Gasteiger partial charge in [-0.2, -0.15) is 5.10 Å². The third kappa shape index (κ3) is 3.76. The number of rotatable bonds is 7. The molecule has 0 aliphatic heterocycles. The highest BCUT2D eigenvalue weighted by atomic mass is 16.5. The van der Waals surface area contributed by atoms with Crippen molar-refractivity contribution in [3.63, 3.8) is 0 Å². The lowest BCUT2D eigenvalue weighted by Gasteiger charge is -2.18. The summed E-state index contributed by atoms with van der Waals surface area (Å²) >= 11 is 0. The molecule has 0 radical (unpaired) electrons. The highest BCUT2D eigenvalue weighted by Gasteiger charge is 2.18. The van der Waals surface area contributed by atoms with Crippen LogP contribution in [0, 0.1) is 0 Å². The van der Waals surface area contributed by atoms with Crippen molar-refractivity contribution in [2.24, 2.45) is 7.05 Å². The molecule has 1 aromatic heterocycles. The summed E-state index contributed by atoms with van der Waals surface area (Å²) in [5, 5.41) is 8.05. The average molecular weight is 289 g/mol. The van der Waals surface area contributed by atoms with E-state index in [9.17, 15) is 0 Å². The molecule has 1 heterocycles. The summed E-state index contributed by atoms with van der Waals surface area (Å²) < 4.78 is 12.5. The molecule has 5 heteroatoms. The number of aryl methyl sites for hydroxylation is 1. The lowest BCUT2D eigenvalue weighted by Crippen LogP contribution is -2.24. The Kier molecular flexibility index (Phi) is 5.22. The second-order valence-corrected chi connectivity index (χ2v) is 4.95. The summed E-state index contributed by atoms with van der Waals surface area (Å²) in [6.07, 6.45) is 3.01. The van der Waals surface area contributed by atoms with Crippen molar-refractivity contribution in [3.8, 4) is 11.5 Å². The van der Waals surface area contributed by atoms with E-state index in [1.165, 1.54) is 0 Å². The van der Waals surface area contributed by atoms with Gasteiger partial charge in [0.15, 0.2) is 0 Å². The molecule has 1 aromatic carbocycles. The van der Waals surface area contributed by atoms with Crippen LogP contribution in [-0.4, -0.2) is 30.5 Å². The van der Waals surface area contributed by atoms with Crippen molar-refractivity contribution < 1.29 is 9.47 Å². The van der Waals surface area contributed by atoms with Gasteiger partial charge in [0, 0.05) is 19.3 Å². The van der Waals surface area contributed by atoms with Crippen LogP contribution in [0.2, 0.25) is 0 Å². The first-order valence-corrected chi connectivity index (χ1v) is 7.13. The summed E-state index contributed by atoms with van der Waals surface area (Å²) in [7, 11) is 5.24. The first-order valence-electron chi connectivity index (χ1n) is 7.13. The van der Waals surface area contributed by atoms with Crippen LogP contribution in [0.3, 0.4) is 0 Å². The Balaban J connectivity index is 2.40. The van der Waals surface area contributed by atoms with Crippen molar-refractivity contribution in [3.05, 3.63) is 41.7 Å². The molecular formula is C16H23N3O2. The van der Waals surface area contributed by atoms with Crippen molar-refractivity contribution in [2.45, 2.75) is 19.4 Å². The summed E-state index contributed by atoms with van der Waals surface area (Å²) in [4.78, 5) is 0. The molecule has 0 saturated carbocycles. The van der Waals surface area contributed by atoms with Crippen molar-refractivity contribution in [1.29, 1.82) is 0 Å². The summed E-state index contributed by atoms with van der Waals surface area (Å²) in [5.74, 6) is 1.56. The second-order valence-electron chi connectivity index (χ2n) is 4.95. The van der Waals surface area contributed by atoms with E-state index in [1.54, 1.807) is 14.2 Å². The van der Waals surface area contributed by atoms with Crippen LogP contribution in [0.15, 0.2) is 30.5 Å². The molecule has 21 heavy (non-hydrogen) atoms. The second kappa shape index (κ2) is 7.13. The maximum atomic E-state index is 5.36. The van der Waals surface area contributed by atoms with E-state index < -0.39 is 0 Å². The van der Waals surface area contributed by atoms with Gasteiger partial charge in [-0.25, -0.2) is 0 Å². The molecule has 0 aliphatic rings. The van der Waals surface area contributed by atoms with E-state index in [0.717, 1.165) is 35.7 Å². The zero-order chi connectivity index (χ0) is 15.2. The maximum absolute atomic E-state index is 5.36. The van der Waals surface area contributed by atoms with Gasteiger partial charge in [-0.1, -0.05) is 6.92 Å². The van der Waals surface area contributed by atoms with Crippen LogP contribution in [-0.2, 0) is 7.05 Å². The summed E-state index contributed by atoms with van der Waals surface area (Å²) in [6, 6.07) is 7.96. The number of methoxy groups -OCH3 is 2. The Labute approximate surface area is 125 Å². The minimum Gasteiger partial charge on any atom is -0.497 e. The molecule has 0 aliphatic carbocycles. The molecule has 1 atom stereocenters. The standard InChI is InChI=1S/C16H23N3O2/c1-5-7-17-16(15-6-8-19(2)18-15)12-9-13(20-3)11-14(10-12)21-4/h6,8-11,16-17H,5,7H2,1-4H3. The van der Waals surface area contributed by atoms with Gasteiger partial charge in [0.25, 0.3) is 0 Å². The van der Waals surface area contributed by atoms with E-state index in [2.05, 4.69) is 17.3 Å². The highest BCUT2D eigenvalue weighted by molar-refractivity contribution is 5.42. The fraction of sp³-hybridized carbons (Fsp3) is 0.438. The topological polar surface area (TPSA) is 48.3 Å². The smallest absolute Gasteiger partial charge is 0.122 e. The predicted molar refractivity (Wildman–Crippen MR) is 82.9 cm³/mol. The third-order valence-corrected chi connectivity index (χ3v) is 3.34. The fourth-order valence-electron chi connectivity index (χ4n) is 2.26. The van der Waals surface area contributed by atoms with Crippen LogP contribution < -0.4 is 14.8 Å². The van der Waals surface area contributed by atoms with Crippen LogP contribution >= 0.6 is 0 Å². The molecule has 2 rings (SSSR count). The Hall–Kier alpha value is -2.01. The Bertz CT molecular complexity index is 558. The third-order valence-electron chi connectivity index (χ3n) is 3.34. The van der Waals surface area contributed by atoms with Gasteiger partial charge in [0.2, 0.25) is 0 Å². The molecule has 0 amide bonds. The number of nitrogens with one attached hydrogen (secondary N) is 1. The van der Waals surface area contributed by atoms with Gasteiger partial charge in [-0.3, -0.25) is 4.68 Å². The van der Waals surface area contributed by atoms with Gasteiger partial charge in [0.1, 0.15) is 11.5 Å². The largest absolute Gasteiger partial charge is 0.497 e. The van der Waals surface area contributed by atoms with Gasteiger partial charge in [0.05, 0.1) is 26.0 Å². The quantitative estimate of drug-likeness (QED) is 0.851.